The van der Waals surface area contributed by atoms with Crippen LogP contribution in [0.3, 0.4) is 0 Å². The summed E-state index contributed by atoms with van der Waals surface area (Å²) < 4.78 is 0. The van der Waals surface area contributed by atoms with Gasteiger partial charge in [-0.1, -0.05) is 11.8 Å². The second kappa shape index (κ2) is 4.82. The van der Waals surface area contributed by atoms with Crippen LogP contribution < -0.4 is 5.73 Å². The first-order valence-corrected chi connectivity index (χ1v) is 3.98. The van der Waals surface area contributed by atoms with E-state index in [-0.39, 0.29) is 5.37 Å². The Hall–Kier alpha value is -0.0200. The number of hydrogen-bond donors (Lipinski definition) is 1. The van der Waals surface area contributed by atoms with Gasteiger partial charge in [0.25, 0.3) is 0 Å². The Labute approximate surface area is 60.9 Å². The van der Waals surface area contributed by atoms with Crippen molar-refractivity contribution in [3.63, 3.8) is 0 Å². The second-order valence-electron chi connectivity index (χ2n) is 1.82. The van der Waals surface area contributed by atoms with Gasteiger partial charge in [0.05, 0.1) is 10.4 Å². The molecule has 0 saturated heterocycles. The monoisotopic (exact) mass is 146 g/mol. The molecule has 0 saturated carbocycles. The smallest absolute Gasteiger partial charge is 0.0659 e. The topological polar surface area (TPSA) is 38.4 Å². The molecule has 0 aromatic carbocycles. The molecule has 0 rings (SSSR count). The van der Waals surface area contributed by atoms with Gasteiger partial charge in [-0.3, -0.25) is 4.99 Å². The molecule has 3 heteroatoms. The van der Waals surface area contributed by atoms with E-state index in [2.05, 4.69) is 4.99 Å². The van der Waals surface area contributed by atoms with E-state index in [0.29, 0.717) is 0 Å². The van der Waals surface area contributed by atoms with Crippen LogP contribution >= 0.6 is 11.8 Å². The molecule has 0 fully saturated rings. The lowest BCUT2D eigenvalue weighted by Crippen LogP contribution is -2.11. The van der Waals surface area contributed by atoms with Gasteiger partial charge >= 0.3 is 0 Å². The molecule has 1 atom stereocenters. The summed E-state index contributed by atoms with van der Waals surface area (Å²) in [7, 11) is 0. The Morgan fingerprint density at radius 1 is 1.78 bits per heavy atom. The third-order valence-corrected chi connectivity index (χ3v) is 1.58. The summed E-state index contributed by atoms with van der Waals surface area (Å²) in [6.45, 7) is 6.81. The van der Waals surface area contributed by atoms with E-state index in [1.807, 2.05) is 20.8 Å². The number of hydrogen-bond acceptors (Lipinski definition) is 3. The van der Waals surface area contributed by atoms with Gasteiger partial charge in [-0.05, 0) is 20.8 Å². The summed E-state index contributed by atoms with van der Waals surface area (Å²) in [5.74, 6) is 0. The summed E-state index contributed by atoms with van der Waals surface area (Å²) in [5.41, 5.74) is 5.51. The van der Waals surface area contributed by atoms with Crippen LogP contribution in [0, 0.1) is 0 Å². The van der Waals surface area contributed by atoms with Gasteiger partial charge in [-0.2, -0.15) is 0 Å². The minimum atomic E-state index is 0.167. The SMILES string of the molecule is CCN=C(C)SC(C)N. The molecule has 0 aliphatic carbocycles. The van der Waals surface area contributed by atoms with Crippen LogP contribution in [0.4, 0.5) is 0 Å². The zero-order valence-corrected chi connectivity index (χ0v) is 7.03. The highest BCUT2D eigenvalue weighted by molar-refractivity contribution is 8.14. The quantitative estimate of drug-likeness (QED) is 0.364. The summed E-state index contributed by atoms with van der Waals surface area (Å²) in [5, 5.41) is 1.24. The lowest BCUT2D eigenvalue weighted by Gasteiger charge is -2.01. The molecule has 0 aliphatic heterocycles. The molecule has 0 bridgehead atoms. The highest BCUT2D eigenvalue weighted by Crippen LogP contribution is 2.06. The fraction of sp³-hybridized carbons (Fsp3) is 0.833. The zero-order chi connectivity index (χ0) is 7.28. The fourth-order valence-electron chi connectivity index (χ4n) is 0.529. The number of aliphatic imine (C=N–C) groups is 1. The van der Waals surface area contributed by atoms with Crippen molar-refractivity contribution in [3.05, 3.63) is 0 Å². The molecule has 1 unspecified atom stereocenters. The third-order valence-electron chi connectivity index (χ3n) is 0.737. The first-order valence-electron chi connectivity index (χ1n) is 3.10. The van der Waals surface area contributed by atoms with E-state index in [1.54, 1.807) is 11.8 Å². The minimum Gasteiger partial charge on any atom is -0.319 e. The molecule has 54 valence electrons. The summed E-state index contributed by atoms with van der Waals surface area (Å²) in [6, 6.07) is 0. The molecular weight excluding hydrogens is 132 g/mol. The standard InChI is InChI=1S/C6H14N2S/c1-4-8-6(3)9-5(2)7/h5H,4,7H2,1-3H3. The van der Waals surface area contributed by atoms with Crippen molar-refractivity contribution < 1.29 is 0 Å². The van der Waals surface area contributed by atoms with Crippen molar-refractivity contribution in [2.24, 2.45) is 10.7 Å². The van der Waals surface area contributed by atoms with Gasteiger partial charge in [0.15, 0.2) is 0 Å². The average Bonchev–Trinajstić information content (AvgIpc) is 1.63. The average molecular weight is 146 g/mol. The predicted octanol–water partition coefficient (Wildman–Crippen LogP) is 1.46. The predicted molar refractivity (Wildman–Crippen MR) is 44.9 cm³/mol. The highest BCUT2D eigenvalue weighted by Gasteiger charge is 1.94. The number of thioether (sulfide) groups is 1. The molecule has 0 radical (unpaired) electrons. The van der Waals surface area contributed by atoms with Gasteiger partial charge in [-0.25, -0.2) is 0 Å². The maximum Gasteiger partial charge on any atom is 0.0659 e. The summed E-state index contributed by atoms with van der Waals surface area (Å²) in [4.78, 5) is 4.16. The van der Waals surface area contributed by atoms with E-state index in [0.717, 1.165) is 11.6 Å². The lowest BCUT2D eigenvalue weighted by molar-refractivity contribution is 1.05. The summed E-state index contributed by atoms with van der Waals surface area (Å²) >= 11 is 1.61. The van der Waals surface area contributed by atoms with Crippen molar-refractivity contribution in [2.45, 2.75) is 26.1 Å². The Bertz CT molecular complexity index is 99.2. The maximum absolute atomic E-state index is 5.51. The molecule has 0 heterocycles. The van der Waals surface area contributed by atoms with E-state index < -0.39 is 0 Å². The molecule has 2 nitrogen and oxygen atoms in total. The lowest BCUT2D eigenvalue weighted by atomic mass is 10.7. The number of nitrogens with two attached hydrogens (primary N) is 1. The van der Waals surface area contributed by atoms with Crippen LogP contribution in [0.1, 0.15) is 20.8 Å². The van der Waals surface area contributed by atoms with Crippen LogP contribution in [0.5, 0.6) is 0 Å². The molecule has 0 aliphatic rings. The molecule has 9 heavy (non-hydrogen) atoms. The van der Waals surface area contributed by atoms with E-state index in [9.17, 15) is 0 Å². The van der Waals surface area contributed by atoms with Crippen molar-refractivity contribution in [1.29, 1.82) is 0 Å². The molecule has 2 N–H and O–H groups in total. The van der Waals surface area contributed by atoms with Crippen LogP contribution in [-0.2, 0) is 0 Å². The highest BCUT2D eigenvalue weighted by atomic mass is 32.2. The van der Waals surface area contributed by atoms with Crippen LogP contribution in [0.15, 0.2) is 4.99 Å². The largest absolute Gasteiger partial charge is 0.319 e. The molecule has 0 spiro atoms. The molecule has 0 aromatic heterocycles. The molecular formula is C6H14N2S. The van der Waals surface area contributed by atoms with Crippen molar-refractivity contribution in [2.75, 3.05) is 6.54 Å². The minimum absolute atomic E-state index is 0.167. The fourth-order valence-corrected chi connectivity index (χ4v) is 1.27. The Morgan fingerprint density at radius 3 is 2.67 bits per heavy atom. The normalized spacial score (nSPS) is 15.8. The Kier molecular flexibility index (Phi) is 4.81. The first kappa shape index (κ1) is 8.98. The van der Waals surface area contributed by atoms with Crippen molar-refractivity contribution in [1.82, 2.24) is 0 Å². The number of rotatable bonds is 2. The third kappa shape index (κ3) is 5.86. The zero-order valence-electron chi connectivity index (χ0n) is 6.22. The van der Waals surface area contributed by atoms with Crippen LogP contribution in [0.2, 0.25) is 0 Å². The maximum atomic E-state index is 5.51. The molecule has 0 aromatic rings. The molecule has 0 amide bonds. The van der Waals surface area contributed by atoms with Gasteiger partial charge in [0.2, 0.25) is 0 Å². The Morgan fingerprint density at radius 2 is 2.33 bits per heavy atom. The van der Waals surface area contributed by atoms with Gasteiger partial charge < -0.3 is 5.73 Å². The second-order valence-corrected chi connectivity index (χ2v) is 3.39. The van der Waals surface area contributed by atoms with E-state index in [4.69, 9.17) is 5.73 Å². The van der Waals surface area contributed by atoms with Crippen molar-refractivity contribution >= 4 is 16.8 Å². The van der Waals surface area contributed by atoms with Crippen LogP contribution in [0.25, 0.3) is 0 Å². The first-order chi connectivity index (χ1) is 4.16. The summed E-state index contributed by atoms with van der Waals surface area (Å²) in [6.07, 6.45) is 0. The van der Waals surface area contributed by atoms with Gasteiger partial charge in [0, 0.05) is 6.54 Å². The Balaban J connectivity index is 3.49. The number of nitrogens with zero attached hydrogens (tertiary/aromatic N) is 1. The van der Waals surface area contributed by atoms with E-state index in [1.165, 1.54) is 0 Å². The van der Waals surface area contributed by atoms with Gasteiger partial charge in [0.1, 0.15) is 0 Å². The van der Waals surface area contributed by atoms with Gasteiger partial charge in [-0.15, -0.1) is 0 Å². The van der Waals surface area contributed by atoms with Crippen molar-refractivity contribution in [3.8, 4) is 0 Å². The van der Waals surface area contributed by atoms with Crippen LogP contribution in [-0.4, -0.2) is 17.0 Å². The van der Waals surface area contributed by atoms with E-state index >= 15 is 0 Å².